The molecule has 0 radical (unpaired) electrons. The van der Waals surface area contributed by atoms with Crippen LogP contribution in [0.2, 0.25) is 0 Å². The van der Waals surface area contributed by atoms with Crippen molar-refractivity contribution in [3.05, 3.63) is 71.8 Å². The Labute approximate surface area is 187 Å². The Balaban J connectivity index is 2.46. The molecular weight excluding hydrogens is 386 g/mol. The molecule has 0 aliphatic heterocycles. The number of carbonyl (C=O) groups excluding carboxylic acids is 1. The predicted octanol–water partition coefficient (Wildman–Crippen LogP) is 6.71. The number of ether oxygens (including phenoxy) is 2. The highest BCUT2D eigenvalue weighted by Gasteiger charge is 2.20. The zero-order valence-electron chi connectivity index (χ0n) is 19.8. The molecule has 0 aliphatic rings. The van der Waals surface area contributed by atoms with Crippen molar-refractivity contribution in [2.45, 2.75) is 59.2 Å². The molecule has 1 N–H and O–H groups in total. The topological polar surface area (TPSA) is 47.6 Å². The lowest BCUT2D eigenvalue weighted by Gasteiger charge is -2.27. The van der Waals surface area contributed by atoms with Crippen molar-refractivity contribution in [3.8, 4) is 11.5 Å². The third-order valence-electron chi connectivity index (χ3n) is 4.26. The van der Waals surface area contributed by atoms with Crippen molar-refractivity contribution in [1.29, 1.82) is 0 Å². The summed E-state index contributed by atoms with van der Waals surface area (Å²) >= 11 is 0. The van der Waals surface area contributed by atoms with Gasteiger partial charge in [0, 0.05) is 29.9 Å². The maximum absolute atomic E-state index is 12.7. The van der Waals surface area contributed by atoms with Gasteiger partial charge in [-0.2, -0.15) is 0 Å². The summed E-state index contributed by atoms with van der Waals surface area (Å²) in [5, 5.41) is 3.05. The molecule has 31 heavy (non-hydrogen) atoms. The number of rotatable bonds is 8. The standard InChI is InChI=1S/C27H35NO3/c1-9-10-20-17-21(13-16-23(29)19-11-14-22(28-8)15-12-19)25(31-27(5,6)7)18-24(20)30-26(2,3)4/h9,11-18,28H,1,10H2,2-8H3. The fourth-order valence-electron chi connectivity index (χ4n) is 2.98. The van der Waals surface area contributed by atoms with Crippen LogP contribution in [0.25, 0.3) is 6.08 Å². The third kappa shape index (κ3) is 7.63. The highest BCUT2D eigenvalue weighted by molar-refractivity contribution is 6.07. The van der Waals surface area contributed by atoms with Gasteiger partial charge in [-0.05, 0) is 96.0 Å². The summed E-state index contributed by atoms with van der Waals surface area (Å²) in [6, 6.07) is 11.3. The van der Waals surface area contributed by atoms with Crippen LogP contribution >= 0.6 is 0 Å². The summed E-state index contributed by atoms with van der Waals surface area (Å²) < 4.78 is 12.4. The van der Waals surface area contributed by atoms with E-state index in [-0.39, 0.29) is 11.4 Å². The number of benzene rings is 2. The van der Waals surface area contributed by atoms with Crippen LogP contribution in [0, 0.1) is 0 Å². The summed E-state index contributed by atoms with van der Waals surface area (Å²) in [4.78, 5) is 12.7. The lowest BCUT2D eigenvalue weighted by atomic mass is 10.0. The van der Waals surface area contributed by atoms with Crippen LogP contribution < -0.4 is 14.8 Å². The monoisotopic (exact) mass is 421 g/mol. The Bertz CT molecular complexity index is 942. The smallest absolute Gasteiger partial charge is 0.185 e. The van der Waals surface area contributed by atoms with Crippen molar-refractivity contribution in [2.24, 2.45) is 0 Å². The normalized spacial score (nSPS) is 12.0. The third-order valence-corrected chi connectivity index (χ3v) is 4.26. The van der Waals surface area contributed by atoms with Crippen LogP contribution in [-0.2, 0) is 6.42 Å². The number of allylic oxidation sites excluding steroid dienone is 2. The molecule has 0 amide bonds. The average molecular weight is 422 g/mol. The molecule has 0 atom stereocenters. The van der Waals surface area contributed by atoms with Crippen molar-refractivity contribution in [2.75, 3.05) is 12.4 Å². The summed E-state index contributed by atoms with van der Waals surface area (Å²) in [7, 11) is 1.85. The Morgan fingerprint density at radius 2 is 1.55 bits per heavy atom. The van der Waals surface area contributed by atoms with Crippen LogP contribution in [0.4, 0.5) is 5.69 Å². The second-order valence-corrected chi connectivity index (χ2v) is 9.44. The Morgan fingerprint density at radius 1 is 0.968 bits per heavy atom. The van der Waals surface area contributed by atoms with Gasteiger partial charge in [0.25, 0.3) is 0 Å². The van der Waals surface area contributed by atoms with E-state index in [2.05, 4.69) is 11.9 Å². The van der Waals surface area contributed by atoms with E-state index in [1.165, 1.54) is 0 Å². The molecule has 0 spiro atoms. The van der Waals surface area contributed by atoms with Crippen molar-refractivity contribution in [3.63, 3.8) is 0 Å². The largest absolute Gasteiger partial charge is 0.488 e. The van der Waals surface area contributed by atoms with Gasteiger partial charge in [0.1, 0.15) is 22.7 Å². The number of hydrogen-bond donors (Lipinski definition) is 1. The highest BCUT2D eigenvalue weighted by atomic mass is 16.5. The van der Waals surface area contributed by atoms with Crippen LogP contribution in [0.1, 0.15) is 63.0 Å². The summed E-state index contributed by atoms with van der Waals surface area (Å²) in [6.45, 7) is 15.9. The van der Waals surface area contributed by atoms with Gasteiger partial charge in [0.05, 0.1) is 0 Å². The number of anilines is 1. The van der Waals surface area contributed by atoms with Gasteiger partial charge in [0.15, 0.2) is 5.78 Å². The van der Waals surface area contributed by atoms with Crippen molar-refractivity contribution >= 4 is 17.5 Å². The molecule has 2 aromatic rings. The number of ketones is 1. The first kappa shape index (κ1) is 24.3. The van der Waals surface area contributed by atoms with Gasteiger partial charge in [-0.25, -0.2) is 0 Å². The lowest BCUT2D eigenvalue weighted by molar-refractivity contribution is 0.104. The van der Waals surface area contributed by atoms with Gasteiger partial charge >= 0.3 is 0 Å². The lowest BCUT2D eigenvalue weighted by Crippen LogP contribution is -2.25. The number of nitrogens with one attached hydrogen (secondary N) is 1. The molecule has 4 nitrogen and oxygen atoms in total. The molecule has 0 heterocycles. The summed E-state index contributed by atoms with van der Waals surface area (Å²) in [6.07, 6.45) is 5.89. The average Bonchev–Trinajstić information content (AvgIpc) is 2.66. The zero-order chi connectivity index (χ0) is 23.2. The maximum atomic E-state index is 12.7. The highest BCUT2D eigenvalue weighted by Crippen LogP contribution is 2.35. The molecule has 0 unspecified atom stereocenters. The van der Waals surface area contributed by atoms with Crippen LogP contribution in [0.3, 0.4) is 0 Å². The Kier molecular flexibility index (Phi) is 7.72. The predicted molar refractivity (Wildman–Crippen MR) is 130 cm³/mol. The first-order valence-electron chi connectivity index (χ1n) is 10.6. The van der Waals surface area contributed by atoms with Gasteiger partial charge in [-0.1, -0.05) is 6.08 Å². The molecule has 0 aliphatic carbocycles. The Hall–Kier alpha value is -3.01. The van der Waals surface area contributed by atoms with Crippen molar-refractivity contribution in [1.82, 2.24) is 0 Å². The zero-order valence-corrected chi connectivity index (χ0v) is 19.8. The number of carbonyl (C=O) groups is 1. The SMILES string of the molecule is C=CCc1cc(C=CC(=O)c2ccc(NC)cc2)c(OC(C)(C)C)cc1OC(C)(C)C. The van der Waals surface area contributed by atoms with E-state index >= 15 is 0 Å². The summed E-state index contributed by atoms with van der Waals surface area (Å²) in [5.74, 6) is 1.37. The quantitative estimate of drug-likeness (QED) is 0.292. The molecule has 2 aromatic carbocycles. The van der Waals surface area contributed by atoms with E-state index in [9.17, 15) is 4.79 Å². The first-order valence-corrected chi connectivity index (χ1v) is 10.6. The van der Waals surface area contributed by atoms with Crippen molar-refractivity contribution < 1.29 is 14.3 Å². The fourth-order valence-corrected chi connectivity index (χ4v) is 2.98. The van der Waals surface area contributed by atoms with E-state index in [0.29, 0.717) is 17.7 Å². The van der Waals surface area contributed by atoms with Gasteiger partial charge in [0.2, 0.25) is 0 Å². The minimum Gasteiger partial charge on any atom is -0.488 e. The van der Waals surface area contributed by atoms with E-state index in [0.717, 1.165) is 22.6 Å². The molecule has 0 fully saturated rings. The van der Waals surface area contributed by atoms with E-state index < -0.39 is 5.60 Å². The molecule has 0 saturated carbocycles. The maximum Gasteiger partial charge on any atom is 0.185 e. The molecule has 0 bridgehead atoms. The summed E-state index contributed by atoms with van der Waals surface area (Å²) in [5.41, 5.74) is 2.68. The molecular formula is C27H35NO3. The van der Waals surface area contributed by atoms with Gasteiger partial charge < -0.3 is 14.8 Å². The molecule has 2 rings (SSSR count). The van der Waals surface area contributed by atoms with E-state index in [4.69, 9.17) is 9.47 Å². The minimum atomic E-state index is -0.394. The van der Waals surface area contributed by atoms with Crippen LogP contribution in [-0.4, -0.2) is 24.0 Å². The van der Waals surface area contributed by atoms with Crippen LogP contribution in [0.5, 0.6) is 11.5 Å². The first-order chi connectivity index (χ1) is 14.4. The molecule has 0 aromatic heterocycles. The second kappa shape index (κ2) is 9.86. The Morgan fingerprint density at radius 3 is 2.06 bits per heavy atom. The van der Waals surface area contributed by atoms with Crippen LogP contribution in [0.15, 0.2) is 55.1 Å². The number of hydrogen-bond acceptors (Lipinski definition) is 4. The molecule has 166 valence electrons. The van der Waals surface area contributed by atoms with E-state index in [1.807, 2.05) is 97.1 Å². The van der Waals surface area contributed by atoms with Gasteiger partial charge in [-0.3, -0.25) is 4.79 Å². The molecule has 4 heteroatoms. The molecule has 0 saturated heterocycles. The second-order valence-electron chi connectivity index (χ2n) is 9.44. The van der Waals surface area contributed by atoms with E-state index in [1.54, 1.807) is 6.08 Å². The minimum absolute atomic E-state index is 0.0651. The van der Waals surface area contributed by atoms with Gasteiger partial charge in [-0.15, -0.1) is 6.58 Å². The fraction of sp³-hybridized carbons (Fsp3) is 0.370.